The van der Waals surface area contributed by atoms with Crippen molar-refractivity contribution >= 4 is 11.6 Å². The Kier molecular flexibility index (Phi) is 6.01. The molecule has 3 aliphatic rings. The molecule has 160 valence electrons. The third-order valence-electron chi connectivity index (χ3n) is 6.35. The van der Waals surface area contributed by atoms with Crippen molar-refractivity contribution in [2.75, 3.05) is 50.8 Å². The van der Waals surface area contributed by atoms with E-state index in [0.717, 1.165) is 71.0 Å². The molecule has 0 spiro atoms. The molecule has 8 heteroatoms. The lowest BCUT2D eigenvalue weighted by Crippen LogP contribution is -2.54. The molecule has 0 bridgehead atoms. The Balaban J connectivity index is 1.27. The minimum absolute atomic E-state index is 0.135. The Morgan fingerprint density at radius 1 is 1.00 bits per heavy atom. The van der Waals surface area contributed by atoms with Gasteiger partial charge in [0, 0.05) is 57.6 Å². The van der Waals surface area contributed by atoms with Gasteiger partial charge >= 0.3 is 6.18 Å². The first kappa shape index (κ1) is 20.5. The van der Waals surface area contributed by atoms with Crippen LogP contribution in [0.2, 0.25) is 0 Å². The van der Waals surface area contributed by atoms with Gasteiger partial charge in [-0.15, -0.1) is 0 Å². The van der Waals surface area contributed by atoms with Gasteiger partial charge in [0.2, 0.25) is 0 Å². The van der Waals surface area contributed by atoms with Crippen LogP contribution in [0, 0.1) is 0 Å². The normalized spacial score (nSPS) is 24.9. The Morgan fingerprint density at radius 2 is 1.72 bits per heavy atom. The minimum atomic E-state index is -4.31. The van der Waals surface area contributed by atoms with Gasteiger partial charge in [0.15, 0.2) is 0 Å². The summed E-state index contributed by atoms with van der Waals surface area (Å²) >= 11 is 0. The number of anilines is 1. The molecule has 1 atom stereocenters. The second-order valence-corrected chi connectivity index (χ2v) is 8.13. The quantitative estimate of drug-likeness (QED) is 0.766. The van der Waals surface area contributed by atoms with Crippen molar-refractivity contribution in [2.24, 2.45) is 0 Å². The molecule has 3 saturated heterocycles. The Morgan fingerprint density at radius 3 is 2.34 bits per heavy atom. The zero-order valence-corrected chi connectivity index (χ0v) is 16.5. The summed E-state index contributed by atoms with van der Waals surface area (Å²) in [5.41, 5.74) is 0.0390. The van der Waals surface area contributed by atoms with E-state index in [1.807, 2.05) is 9.80 Å². The molecule has 0 aromatic heterocycles. The number of carbonyl (C=O) groups is 1. The number of rotatable bonds is 3. The number of hydrogen-bond acceptors (Lipinski definition) is 4. The smallest absolute Gasteiger partial charge is 0.369 e. The van der Waals surface area contributed by atoms with E-state index in [9.17, 15) is 18.0 Å². The first-order chi connectivity index (χ1) is 13.9. The maximum Gasteiger partial charge on any atom is 0.416 e. The Bertz CT molecular complexity index is 705. The molecule has 3 fully saturated rings. The second kappa shape index (κ2) is 8.52. The molecule has 0 saturated carbocycles. The molecule has 1 aromatic carbocycles. The number of likely N-dealkylation sites (tertiary alicyclic amines) is 1. The third-order valence-corrected chi connectivity index (χ3v) is 6.35. The highest BCUT2D eigenvalue weighted by Gasteiger charge is 2.34. The van der Waals surface area contributed by atoms with Crippen molar-refractivity contribution in [3.05, 3.63) is 29.8 Å². The van der Waals surface area contributed by atoms with E-state index in [0.29, 0.717) is 18.3 Å². The number of carbonyl (C=O) groups excluding carboxylic acids is 1. The predicted molar refractivity (Wildman–Crippen MR) is 104 cm³/mol. The molecule has 1 amide bonds. The van der Waals surface area contributed by atoms with Gasteiger partial charge in [-0.2, -0.15) is 13.2 Å². The van der Waals surface area contributed by atoms with Gasteiger partial charge in [-0.25, -0.2) is 0 Å². The van der Waals surface area contributed by atoms with Crippen LogP contribution in [0.3, 0.4) is 0 Å². The third kappa shape index (κ3) is 4.69. The summed E-state index contributed by atoms with van der Waals surface area (Å²) in [4.78, 5) is 18.9. The average molecular weight is 411 g/mol. The number of ether oxygens (including phenoxy) is 1. The fraction of sp³-hybridized carbons (Fsp3) is 0.667. The second-order valence-electron chi connectivity index (χ2n) is 8.13. The number of piperidine rings is 1. The number of alkyl halides is 3. The van der Waals surface area contributed by atoms with E-state index in [1.54, 1.807) is 6.07 Å². The summed E-state index contributed by atoms with van der Waals surface area (Å²) in [6, 6.07) is 6.02. The van der Waals surface area contributed by atoms with Crippen LogP contribution < -0.4 is 4.90 Å². The highest BCUT2D eigenvalue weighted by molar-refractivity contribution is 5.81. The van der Waals surface area contributed by atoms with E-state index in [4.69, 9.17) is 4.74 Å². The summed E-state index contributed by atoms with van der Waals surface area (Å²) in [7, 11) is 0. The first-order valence-electron chi connectivity index (χ1n) is 10.5. The zero-order chi connectivity index (χ0) is 20.4. The van der Waals surface area contributed by atoms with Crippen LogP contribution in [-0.4, -0.2) is 73.7 Å². The molecule has 29 heavy (non-hydrogen) atoms. The summed E-state index contributed by atoms with van der Waals surface area (Å²) < 4.78 is 44.4. The Hall–Kier alpha value is -1.80. The standard InChI is InChI=1S/C21H28F3N3O2/c22-21(23,24)16-3-1-4-18(15-16)26-12-10-25(11-13-26)17-6-8-27(9-7-17)20(28)19-5-2-14-29-19/h1,3-4,15,17,19H,2,5-14H2/t19-/m1/s1. The van der Waals surface area contributed by atoms with Crippen LogP contribution in [0.1, 0.15) is 31.2 Å². The molecule has 3 aliphatic heterocycles. The summed E-state index contributed by atoms with van der Waals surface area (Å²) in [6.45, 7) is 5.31. The van der Waals surface area contributed by atoms with Crippen LogP contribution in [0.15, 0.2) is 24.3 Å². The van der Waals surface area contributed by atoms with Crippen LogP contribution in [0.4, 0.5) is 18.9 Å². The van der Waals surface area contributed by atoms with Crippen molar-refractivity contribution in [1.29, 1.82) is 0 Å². The fourth-order valence-electron chi connectivity index (χ4n) is 4.65. The molecule has 5 nitrogen and oxygen atoms in total. The summed E-state index contributed by atoms with van der Waals surface area (Å²) in [5.74, 6) is 0.135. The Labute approximate surface area is 169 Å². The van der Waals surface area contributed by atoms with E-state index in [-0.39, 0.29) is 12.0 Å². The SMILES string of the molecule is O=C([C@H]1CCCO1)N1CCC(N2CCN(c3cccc(C(F)(F)F)c3)CC2)CC1. The van der Waals surface area contributed by atoms with Gasteiger partial charge in [0.05, 0.1) is 5.56 Å². The number of hydrogen-bond donors (Lipinski definition) is 0. The number of nitrogens with zero attached hydrogens (tertiary/aromatic N) is 3. The molecule has 0 radical (unpaired) electrons. The number of amides is 1. The number of benzene rings is 1. The van der Waals surface area contributed by atoms with E-state index in [2.05, 4.69) is 4.90 Å². The molecule has 0 N–H and O–H groups in total. The van der Waals surface area contributed by atoms with Crippen molar-refractivity contribution < 1.29 is 22.7 Å². The number of halogens is 3. The van der Waals surface area contributed by atoms with E-state index >= 15 is 0 Å². The van der Waals surface area contributed by atoms with Gasteiger partial charge in [-0.1, -0.05) is 6.07 Å². The lowest BCUT2D eigenvalue weighted by Gasteiger charge is -2.43. The van der Waals surface area contributed by atoms with Crippen LogP contribution >= 0.6 is 0 Å². The fourth-order valence-corrected chi connectivity index (χ4v) is 4.65. The summed E-state index contributed by atoms with van der Waals surface area (Å²) in [6.07, 6.45) is -0.877. The molecule has 0 unspecified atom stereocenters. The van der Waals surface area contributed by atoms with E-state index < -0.39 is 11.7 Å². The van der Waals surface area contributed by atoms with Crippen molar-refractivity contribution in [3.63, 3.8) is 0 Å². The number of piperazine rings is 1. The van der Waals surface area contributed by atoms with Gasteiger partial charge in [0.1, 0.15) is 6.10 Å². The highest BCUT2D eigenvalue weighted by atomic mass is 19.4. The molecule has 4 rings (SSSR count). The van der Waals surface area contributed by atoms with Crippen LogP contribution in [0.25, 0.3) is 0 Å². The van der Waals surface area contributed by atoms with Crippen LogP contribution in [0.5, 0.6) is 0 Å². The molecule has 0 aliphatic carbocycles. The largest absolute Gasteiger partial charge is 0.416 e. The first-order valence-corrected chi connectivity index (χ1v) is 10.5. The molecular formula is C21H28F3N3O2. The molecule has 1 aromatic rings. The van der Waals surface area contributed by atoms with Gasteiger partial charge in [-0.3, -0.25) is 9.69 Å². The monoisotopic (exact) mass is 411 g/mol. The van der Waals surface area contributed by atoms with Gasteiger partial charge in [-0.05, 0) is 43.9 Å². The van der Waals surface area contributed by atoms with E-state index in [1.165, 1.54) is 12.1 Å². The topological polar surface area (TPSA) is 36.0 Å². The molecule has 3 heterocycles. The van der Waals surface area contributed by atoms with Crippen molar-refractivity contribution in [1.82, 2.24) is 9.80 Å². The minimum Gasteiger partial charge on any atom is -0.369 e. The average Bonchev–Trinajstić information content (AvgIpc) is 3.28. The maximum absolute atomic E-state index is 13.0. The van der Waals surface area contributed by atoms with Crippen molar-refractivity contribution in [2.45, 2.75) is 44.0 Å². The van der Waals surface area contributed by atoms with Gasteiger partial charge < -0.3 is 14.5 Å². The maximum atomic E-state index is 13.0. The lowest BCUT2D eigenvalue weighted by atomic mass is 10.0. The summed E-state index contributed by atoms with van der Waals surface area (Å²) in [5, 5.41) is 0. The van der Waals surface area contributed by atoms with Gasteiger partial charge in [0.25, 0.3) is 5.91 Å². The van der Waals surface area contributed by atoms with Crippen LogP contribution in [-0.2, 0) is 15.7 Å². The predicted octanol–water partition coefficient (Wildman–Crippen LogP) is 3.00. The highest BCUT2D eigenvalue weighted by Crippen LogP contribution is 2.32. The lowest BCUT2D eigenvalue weighted by molar-refractivity contribution is -0.142. The zero-order valence-electron chi connectivity index (χ0n) is 16.5. The van der Waals surface area contributed by atoms with Crippen molar-refractivity contribution in [3.8, 4) is 0 Å². The molecular weight excluding hydrogens is 383 g/mol.